The Bertz CT molecular complexity index is 557. The number of hydrogen-bond donors (Lipinski definition) is 1. The van der Waals surface area contributed by atoms with Gasteiger partial charge in [0.05, 0.1) is 0 Å². The van der Waals surface area contributed by atoms with Gasteiger partial charge in [0.2, 0.25) is 10.1 Å². The number of fused-ring (bicyclic) bond motifs is 1. The molecule has 1 aliphatic carbocycles. The fraction of sp³-hybridized carbons (Fsp3) is 0.500. The molecular weight excluding hydrogens is 224 g/mol. The summed E-state index contributed by atoms with van der Waals surface area (Å²) in [5.74, 6) is 0.905. The van der Waals surface area contributed by atoms with Crippen molar-refractivity contribution in [3.63, 3.8) is 0 Å². The average Bonchev–Trinajstić information content (AvgIpc) is 2.98. The van der Waals surface area contributed by atoms with Gasteiger partial charge in [-0.05, 0) is 12.3 Å². The molecule has 1 fully saturated rings. The van der Waals surface area contributed by atoms with Crippen LogP contribution in [0.3, 0.4) is 0 Å². The molecule has 2 heterocycles. The number of anilines is 1. The third kappa shape index (κ3) is 1.92. The maximum atomic E-state index is 11.4. The number of aromatic nitrogens is 3. The fourth-order valence-electron chi connectivity index (χ4n) is 1.60. The number of nitrogens with zero attached hydrogens (tertiary/aromatic N) is 3. The van der Waals surface area contributed by atoms with Crippen LogP contribution in [-0.2, 0) is 0 Å². The van der Waals surface area contributed by atoms with Crippen LogP contribution >= 0.6 is 11.3 Å². The van der Waals surface area contributed by atoms with E-state index in [0.717, 1.165) is 17.6 Å². The normalized spacial score (nSPS) is 15.5. The molecule has 0 saturated heterocycles. The van der Waals surface area contributed by atoms with E-state index in [9.17, 15) is 4.79 Å². The first-order valence-electron chi connectivity index (χ1n) is 5.42. The van der Waals surface area contributed by atoms with Crippen LogP contribution in [-0.4, -0.2) is 21.1 Å². The zero-order valence-electron chi connectivity index (χ0n) is 8.72. The third-order valence-corrected chi connectivity index (χ3v) is 3.58. The molecule has 6 heteroatoms. The quantitative estimate of drug-likeness (QED) is 0.870. The molecule has 0 unspecified atom stereocenters. The Balaban J connectivity index is 1.76. The highest BCUT2D eigenvalue weighted by atomic mass is 32.1. The molecule has 16 heavy (non-hydrogen) atoms. The zero-order chi connectivity index (χ0) is 11.0. The van der Waals surface area contributed by atoms with Gasteiger partial charge in [-0.2, -0.15) is 4.52 Å². The van der Waals surface area contributed by atoms with Gasteiger partial charge in [-0.1, -0.05) is 24.2 Å². The second kappa shape index (κ2) is 3.86. The monoisotopic (exact) mass is 236 g/mol. The lowest BCUT2D eigenvalue weighted by Gasteiger charge is -1.98. The molecule has 3 rings (SSSR count). The largest absolute Gasteiger partial charge is 0.360 e. The van der Waals surface area contributed by atoms with E-state index in [0.29, 0.717) is 4.96 Å². The fourth-order valence-corrected chi connectivity index (χ4v) is 2.41. The zero-order valence-corrected chi connectivity index (χ0v) is 9.54. The minimum Gasteiger partial charge on any atom is -0.360 e. The van der Waals surface area contributed by atoms with E-state index in [1.54, 1.807) is 0 Å². The maximum Gasteiger partial charge on any atom is 0.275 e. The van der Waals surface area contributed by atoms with Crippen LogP contribution in [0.15, 0.2) is 17.1 Å². The molecule has 0 aliphatic heterocycles. The lowest BCUT2D eigenvalue weighted by atomic mass is 10.3. The second-order valence-electron chi connectivity index (χ2n) is 4.04. The van der Waals surface area contributed by atoms with Crippen molar-refractivity contribution < 1.29 is 0 Å². The van der Waals surface area contributed by atoms with Crippen molar-refractivity contribution in [2.75, 3.05) is 11.9 Å². The molecule has 0 amide bonds. The van der Waals surface area contributed by atoms with E-state index in [1.165, 1.54) is 47.4 Å². The first-order chi connectivity index (χ1) is 7.83. The van der Waals surface area contributed by atoms with Gasteiger partial charge in [-0.15, -0.1) is 5.10 Å². The van der Waals surface area contributed by atoms with E-state index in [2.05, 4.69) is 15.4 Å². The van der Waals surface area contributed by atoms with Gasteiger partial charge in [0.25, 0.3) is 5.56 Å². The lowest BCUT2D eigenvalue weighted by molar-refractivity contribution is 0.757. The van der Waals surface area contributed by atoms with Crippen LogP contribution in [0.1, 0.15) is 19.3 Å². The molecule has 5 nitrogen and oxygen atoms in total. The molecule has 2 aromatic rings. The Labute approximate surface area is 96.1 Å². The first-order valence-corrected chi connectivity index (χ1v) is 6.23. The molecule has 0 atom stereocenters. The summed E-state index contributed by atoms with van der Waals surface area (Å²) < 4.78 is 1.34. The molecule has 0 radical (unpaired) electrons. The smallest absolute Gasteiger partial charge is 0.275 e. The van der Waals surface area contributed by atoms with Crippen LogP contribution in [0.25, 0.3) is 4.96 Å². The first kappa shape index (κ1) is 9.77. The lowest BCUT2D eigenvalue weighted by Crippen LogP contribution is -2.13. The predicted octanol–water partition coefficient (Wildman–Crippen LogP) is 1.36. The minimum atomic E-state index is -0.128. The Kier molecular flexibility index (Phi) is 2.36. The summed E-state index contributed by atoms with van der Waals surface area (Å²) in [4.78, 5) is 16.2. The topological polar surface area (TPSA) is 59.3 Å². The molecule has 84 valence electrons. The highest BCUT2D eigenvalue weighted by Gasteiger charge is 2.20. The van der Waals surface area contributed by atoms with E-state index < -0.39 is 0 Å². The van der Waals surface area contributed by atoms with Crippen molar-refractivity contribution in [2.45, 2.75) is 19.3 Å². The minimum absolute atomic E-state index is 0.128. The van der Waals surface area contributed by atoms with Crippen molar-refractivity contribution >= 4 is 21.4 Å². The molecule has 2 aromatic heterocycles. The van der Waals surface area contributed by atoms with Crippen LogP contribution in [0.4, 0.5) is 5.13 Å². The molecular formula is C10H12N4OS. The standard InChI is InChI=1S/C10H12N4OS/c15-8-4-6-12-10-14(8)13-9(16-10)11-5-3-7-1-2-7/h4,6-7H,1-3,5H2,(H,11,13). The average molecular weight is 236 g/mol. The summed E-state index contributed by atoms with van der Waals surface area (Å²) in [6, 6.07) is 1.42. The summed E-state index contributed by atoms with van der Waals surface area (Å²) in [7, 11) is 0. The molecule has 0 aromatic carbocycles. The van der Waals surface area contributed by atoms with Gasteiger partial charge >= 0.3 is 0 Å². The van der Waals surface area contributed by atoms with E-state index in [1.807, 2.05) is 0 Å². The van der Waals surface area contributed by atoms with Crippen LogP contribution in [0, 0.1) is 5.92 Å². The van der Waals surface area contributed by atoms with Gasteiger partial charge in [0, 0.05) is 18.8 Å². The van der Waals surface area contributed by atoms with E-state index in [4.69, 9.17) is 0 Å². The SMILES string of the molecule is O=c1ccnc2sc(NCCC3CC3)nn12. The number of nitrogens with one attached hydrogen (secondary N) is 1. The molecule has 0 spiro atoms. The van der Waals surface area contributed by atoms with Gasteiger partial charge in [-0.25, -0.2) is 4.98 Å². The summed E-state index contributed by atoms with van der Waals surface area (Å²) in [6.07, 6.45) is 5.44. The summed E-state index contributed by atoms with van der Waals surface area (Å²) in [6.45, 7) is 0.930. The van der Waals surface area contributed by atoms with Gasteiger partial charge < -0.3 is 5.32 Å². The molecule has 1 saturated carbocycles. The summed E-state index contributed by atoms with van der Waals surface area (Å²) >= 11 is 1.41. The second-order valence-corrected chi connectivity index (χ2v) is 5.00. The van der Waals surface area contributed by atoms with Crippen molar-refractivity contribution in [1.82, 2.24) is 14.6 Å². The van der Waals surface area contributed by atoms with Crippen molar-refractivity contribution in [3.05, 3.63) is 22.6 Å². The predicted molar refractivity (Wildman–Crippen MR) is 63.0 cm³/mol. The molecule has 0 bridgehead atoms. The van der Waals surface area contributed by atoms with Crippen LogP contribution in [0.2, 0.25) is 0 Å². The molecule has 1 N–H and O–H groups in total. The van der Waals surface area contributed by atoms with Crippen molar-refractivity contribution in [1.29, 1.82) is 0 Å². The molecule has 1 aliphatic rings. The number of rotatable bonds is 4. The van der Waals surface area contributed by atoms with Crippen molar-refractivity contribution in [3.8, 4) is 0 Å². The third-order valence-electron chi connectivity index (χ3n) is 2.70. The van der Waals surface area contributed by atoms with Crippen LogP contribution < -0.4 is 10.9 Å². The maximum absolute atomic E-state index is 11.4. The number of hydrogen-bond acceptors (Lipinski definition) is 5. The van der Waals surface area contributed by atoms with E-state index in [-0.39, 0.29) is 5.56 Å². The van der Waals surface area contributed by atoms with Gasteiger partial charge in [0.1, 0.15) is 0 Å². The highest BCUT2D eigenvalue weighted by molar-refractivity contribution is 7.20. The van der Waals surface area contributed by atoms with Crippen LogP contribution in [0.5, 0.6) is 0 Å². The van der Waals surface area contributed by atoms with E-state index >= 15 is 0 Å². The Morgan fingerprint density at radius 3 is 3.19 bits per heavy atom. The highest BCUT2D eigenvalue weighted by Crippen LogP contribution is 2.32. The Morgan fingerprint density at radius 1 is 1.56 bits per heavy atom. The summed E-state index contributed by atoms with van der Waals surface area (Å²) in [5, 5.41) is 8.19. The van der Waals surface area contributed by atoms with Gasteiger partial charge in [0.15, 0.2) is 0 Å². The Morgan fingerprint density at radius 2 is 2.44 bits per heavy atom. The van der Waals surface area contributed by atoms with Gasteiger partial charge in [-0.3, -0.25) is 4.79 Å². The van der Waals surface area contributed by atoms with Crippen molar-refractivity contribution in [2.24, 2.45) is 5.92 Å². The summed E-state index contributed by atoms with van der Waals surface area (Å²) in [5.41, 5.74) is -0.128. The Hall–Kier alpha value is -1.43.